The number of amides is 2. The highest BCUT2D eigenvalue weighted by Gasteiger charge is 2.70. The van der Waals surface area contributed by atoms with Crippen molar-refractivity contribution >= 4 is 29.5 Å². The van der Waals surface area contributed by atoms with E-state index in [0.29, 0.717) is 52.3 Å². The number of hydrogen-bond acceptors (Lipinski definition) is 8. The van der Waals surface area contributed by atoms with Gasteiger partial charge in [0.05, 0.1) is 36.4 Å². The van der Waals surface area contributed by atoms with E-state index in [1.807, 2.05) is 17.1 Å². The first-order valence-electron chi connectivity index (χ1n) is 13.3. The Hall–Kier alpha value is -1.88. The fourth-order valence-corrected chi connectivity index (χ4v) is 8.22. The summed E-state index contributed by atoms with van der Waals surface area (Å²) in [6, 6.07) is -0.668. The van der Waals surface area contributed by atoms with E-state index in [0.717, 1.165) is 32.5 Å². The van der Waals surface area contributed by atoms with Crippen LogP contribution in [0.3, 0.4) is 0 Å². The minimum atomic E-state index is -0.807. The van der Waals surface area contributed by atoms with E-state index in [9.17, 15) is 19.5 Å². The Morgan fingerprint density at radius 3 is 2.67 bits per heavy atom. The summed E-state index contributed by atoms with van der Waals surface area (Å²) >= 11 is 1.58. The molecule has 5 aliphatic heterocycles. The van der Waals surface area contributed by atoms with Crippen LogP contribution < -0.4 is 0 Å². The molecule has 9 nitrogen and oxygen atoms in total. The number of unbranched alkanes of at least 4 members (excludes halogenated alkanes) is 1. The van der Waals surface area contributed by atoms with Gasteiger partial charge in [-0.25, -0.2) is 0 Å². The number of hydrogen-bond donors (Lipinski definition) is 1. The van der Waals surface area contributed by atoms with Gasteiger partial charge in [-0.05, 0) is 25.7 Å². The van der Waals surface area contributed by atoms with Crippen molar-refractivity contribution < 1.29 is 29.0 Å². The number of nitrogens with zero attached hydrogens (tertiary/aromatic N) is 3. The minimum absolute atomic E-state index is 0.0390. The molecule has 3 saturated heterocycles. The van der Waals surface area contributed by atoms with Crippen molar-refractivity contribution in [2.75, 3.05) is 65.7 Å². The van der Waals surface area contributed by atoms with Crippen molar-refractivity contribution in [2.45, 2.75) is 41.7 Å². The van der Waals surface area contributed by atoms with Crippen LogP contribution in [0, 0.1) is 11.8 Å². The number of rotatable bonds is 7. The molecule has 1 unspecified atom stereocenters. The Kier molecular flexibility index (Phi) is 8.05. The van der Waals surface area contributed by atoms with Crippen molar-refractivity contribution in [3.63, 3.8) is 0 Å². The summed E-state index contributed by atoms with van der Waals surface area (Å²) in [5.74, 6) is -1.78. The maximum atomic E-state index is 14.2. The van der Waals surface area contributed by atoms with E-state index >= 15 is 0 Å². The van der Waals surface area contributed by atoms with Crippen LogP contribution in [0.25, 0.3) is 0 Å². The zero-order valence-electron chi connectivity index (χ0n) is 20.8. The zero-order valence-corrected chi connectivity index (χ0v) is 21.6. The molecular weight excluding hydrogens is 482 g/mol. The van der Waals surface area contributed by atoms with Crippen LogP contribution in [0.2, 0.25) is 0 Å². The van der Waals surface area contributed by atoms with Gasteiger partial charge in [0.2, 0.25) is 11.8 Å². The van der Waals surface area contributed by atoms with Gasteiger partial charge in [0.25, 0.3) is 0 Å². The van der Waals surface area contributed by atoms with Crippen molar-refractivity contribution in [2.24, 2.45) is 11.8 Å². The first-order chi connectivity index (χ1) is 17.6. The molecule has 2 amide bonds. The topological polar surface area (TPSA) is 99.6 Å². The molecule has 1 N–H and O–H groups in total. The second-order valence-electron chi connectivity index (χ2n) is 10.2. The second-order valence-corrected chi connectivity index (χ2v) is 11.7. The summed E-state index contributed by atoms with van der Waals surface area (Å²) in [5, 5.41) is 9.12. The first kappa shape index (κ1) is 25.8. The molecule has 1 spiro atoms. The molecule has 0 aromatic carbocycles. The molecule has 0 aromatic rings. The molecule has 3 fully saturated rings. The molecule has 5 aliphatic rings. The maximum Gasteiger partial charge on any atom is 0.311 e. The first-order valence-corrected chi connectivity index (χ1v) is 14.1. The smallest absolute Gasteiger partial charge is 0.311 e. The molecule has 0 saturated carbocycles. The van der Waals surface area contributed by atoms with Crippen LogP contribution in [0.5, 0.6) is 0 Å². The quantitative estimate of drug-likeness (QED) is 0.298. The molecule has 5 rings (SSSR count). The van der Waals surface area contributed by atoms with Crippen molar-refractivity contribution in [3.8, 4) is 0 Å². The van der Waals surface area contributed by atoms with E-state index < -0.39 is 22.6 Å². The largest absolute Gasteiger partial charge is 0.465 e. The predicted octanol–water partition coefficient (Wildman–Crippen LogP) is 0.680. The van der Waals surface area contributed by atoms with Gasteiger partial charge in [0, 0.05) is 51.1 Å². The van der Waals surface area contributed by atoms with Gasteiger partial charge in [0.15, 0.2) is 0 Å². The number of morpholine rings is 1. The third-order valence-corrected chi connectivity index (χ3v) is 9.78. The van der Waals surface area contributed by atoms with Gasteiger partial charge in [-0.1, -0.05) is 24.3 Å². The van der Waals surface area contributed by atoms with Crippen LogP contribution in [-0.4, -0.2) is 119 Å². The number of carbonyl (C=O) groups is 3. The van der Waals surface area contributed by atoms with E-state index in [2.05, 4.69) is 17.1 Å². The number of fused-ring (bicyclic) bond motifs is 2. The number of carbonyl (C=O) groups excluding carboxylic acids is 3. The SMILES string of the molecule is O=C1OCCC/C=C\[C@@H]2S[C@]34C=CCN(CCN5CCOCC5)C(=O)C3N(CCCCO)C(=O)[C@@H]4[C@H]12. The molecule has 5 heterocycles. The highest BCUT2D eigenvalue weighted by atomic mass is 32.2. The fourth-order valence-electron chi connectivity index (χ4n) is 6.22. The molecule has 0 bridgehead atoms. The summed E-state index contributed by atoms with van der Waals surface area (Å²) in [7, 11) is 0. The number of aliphatic hydroxyl groups excluding tert-OH is 1. The fraction of sp³-hybridized carbons (Fsp3) is 0.731. The Labute approximate surface area is 216 Å². The van der Waals surface area contributed by atoms with Gasteiger partial charge in [-0.15, -0.1) is 11.8 Å². The van der Waals surface area contributed by atoms with Crippen LogP contribution in [0.15, 0.2) is 24.3 Å². The summed E-state index contributed by atoms with van der Waals surface area (Å²) in [4.78, 5) is 47.2. The number of thioether (sulfide) groups is 1. The van der Waals surface area contributed by atoms with E-state index in [-0.39, 0.29) is 29.6 Å². The number of likely N-dealkylation sites (tertiary alicyclic amines) is 1. The van der Waals surface area contributed by atoms with Crippen LogP contribution in [0.1, 0.15) is 25.7 Å². The van der Waals surface area contributed by atoms with Gasteiger partial charge < -0.3 is 24.4 Å². The maximum absolute atomic E-state index is 14.2. The van der Waals surface area contributed by atoms with Crippen LogP contribution in [-0.2, 0) is 23.9 Å². The lowest BCUT2D eigenvalue weighted by atomic mass is 9.78. The lowest BCUT2D eigenvalue weighted by molar-refractivity contribution is -0.153. The zero-order chi connectivity index (χ0) is 25.1. The minimum Gasteiger partial charge on any atom is -0.465 e. The van der Waals surface area contributed by atoms with Gasteiger partial charge in [0.1, 0.15) is 6.04 Å². The van der Waals surface area contributed by atoms with E-state index in [4.69, 9.17) is 9.47 Å². The standard InChI is InChI=1S/C26H37N3O6S/c30-15-4-3-10-29-22-24(32)28(12-11-27-13-17-34-18-14-27)9-6-8-26(22)21(23(29)31)20-19(36-26)7-2-1-5-16-35-25(20)33/h2,6-8,19-22,30H,1,3-5,9-18H2/b7-2-/t19-,20+,21-,22?,26-/m0/s1. The van der Waals surface area contributed by atoms with E-state index in [1.165, 1.54) is 0 Å². The molecule has 0 aromatic heterocycles. The molecule has 36 heavy (non-hydrogen) atoms. The summed E-state index contributed by atoms with van der Waals surface area (Å²) < 4.78 is 10.2. The highest BCUT2D eigenvalue weighted by molar-refractivity contribution is 8.02. The molecule has 5 atom stereocenters. The molecule has 0 radical (unpaired) electrons. The van der Waals surface area contributed by atoms with Gasteiger partial charge in [-0.3, -0.25) is 19.3 Å². The van der Waals surface area contributed by atoms with Crippen LogP contribution >= 0.6 is 11.8 Å². The second kappa shape index (κ2) is 11.2. The normalized spacial score (nSPS) is 35.9. The summed E-state index contributed by atoms with van der Waals surface area (Å²) in [5.41, 5.74) is 0. The lowest BCUT2D eigenvalue weighted by Gasteiger charge is -2.36. The average Bonchev–Trinajstić information content (AvgIpc) is 3.29. The Morgan fingerprint density at radius 2 is 1.86 bits per heavy atom. The van der Waals surface area contributed by atoms with Gasteiger partial charge >= 0.3 is 5.97 Å². The Morgan fingerprint density at radius 1 is 1.03 bits per heavy atom. The monoisotopic (exact) mass is 519 g/mol. The third-order valence-electron chi connectivity index (χ3n) is 8.03. The average molecular weight is 520 g/mol. The molecule has 0 aliphatic carbocycles. The predicted molar refractivity (Wildman–Crippen MR) is 135 cm³/mol. The molecular formula is C26H37N3O6S. The number of aliphatic hydroxyl groups is 1. The Bertz CT molecular complexity index is 906. The van der Waals surface area contributed by atoms with Crippen molar-refractivity contribution in [1.82, 2.24) is 14.7 Å². The molecule has 198 valence electrons. The number of esters is 1. The lowest BCUT2D eigenvalue weighted by Crippen LogP contribution is -2.54. The number of ether oxygens (including phenoxy) is 2. The Balaban J connectivity index is 1.45. The highest BCUT2D eigenvalue weighted by Crippen LogP contribution is 2.60. The van der Waals surface area contributed by atoms with E-state index in [1.54, 1.807) is 16.7 Å². The molecule has 10 heteroatoms. The summed E-state index contributed by atoms with van der Waals surface area (Å²) in [6.07, 6.45) is 10.9. The number of cyclic esters (lactones) is 1. The summed E-state index contributed by atoms with van der Waals surface area (Å²) in [6.45, 7) is 5.73. The number of allylic oxidation sites excluding steroid dienone is 1. The third kappa shape index (κ3) is 4.73. The van der Waals surface area contributed by atoms with Gasteiger partial charge in [-0.2, -0.15) is 0 Å². The van der Waals surface area contributed by atoms with Crippen LogP contribution in [0.4, 0.5) is 0 Å². The van der Waals surface area contributed by atoms with Crippen molar-refractivity contribution in [3.05, 3.63) is 24.3 Å². The van der Waals surface area contributed by atoms with Crippen molar-refractivity contribution in [1.29, 1.82) is 0 Å².